The van der Waals surface area contributed by atoms with Crippen molar-refractivity contribution in [2.75, 3.05) is 0 Å². The van der Waals surface area contributed by atoms with Crippen LogP contribution in [0, 0.1) is 0 Å². The van der Waals surface area contributed by atoms with Gasteiger partial charge < -0.3 is 24.0 Å². The predicted octanol–water partition coefficient (Wildman–Crippen LogP) is -6.35. The van der Waals surface area contributed by atoms with E-state index in [1.807, 2.05) is 0 Å². The first-order valence-electron chi connectivity index (χ1n) is 2.18. The van der Waals surface area contributed by atoms with E-state index in [1.54, 1.807) is 0 Å². The molecule has 0 spiro atoms. The molecule has 0 bridgehead atoms. The van der Waals surface area contributed by atoms with Crippen molar-refractivity contribution >= 4 is 23.4 Å². The summed E-state index contributed by atoms with van der Waals surface area (Å²) in [7, 11) is 0. The van der Waals surface area contributed by atoms with Crippen LogP contribution in [-0.2, 0) is 9.59 Å². The average Bonchev–Trinajstić information content (AvgIpc) is 1.85. The molecule has 0 aromatic carbocycles. The molecule has 1 heterocycles. The quantitative estimate of drug-likeness (QED) is 0.208. The van der Waals surface area contributed by atoms with Crippen LogP contribution in [0.5, 0.6) is 0 Å². The summed E-state index contributed by atoms with van der Waals surface area (Å²) in [5.41, 5.74) is 0. The van der Waals surface area contributed by atoms with E-state index in [0.29, 0.717) is 0 Å². The molecular weight excluding hydrogens is 279 g/mol. The monoisotopic (exact) mass is 283 g/mol. The molecule has 1 aliphatic heterocycles. The molecule has 1 saturated heterocycles. The van der Waals surface area contributed by atoms with Crippen LogP contribution < -0.4 is 58.9 Å². The third-order valence-electron chi connectivity index (χ3n) is 0.912. The second-order valence-corrected chi connectivity index (χ2v) is 2.11. The number of carbonyl (C=O) groups is 2. The van der Waals surface area contributed by atoms with Crippen LogP contribution >= 0.6 is 11.6 Å². The number of hydrogen-bond acceptors (Lipinski definition) is 2. The maximum absolute atomic E-state index is 10.3. The number of amides is 2. The molecule has 0 aliphatic carbocycles. The minimum Gasteiger partial charge on any atom is -1.00 e. The van der Waals surface area contributed by atoms with Crippen LogP contribution in [0.25, 0.3) is 0 Å². The number of carbonyl (C=O) groups excluding carboxylic acids is 2. The molecule has 1 atom stereocenters. The molecule has 0 aromatic rings. The zero-order valence-electron chi connectivity index (χ0n) is 5.36. The van der Waals surface area contributed by atoms with E-state index >= 15 is 0 Å². The fraction of sp³-hybridized carbons (Fsp3) is 0.500. The van der Waals surface area contributed by atoms with Gasteiger partial charge in [0.25, 0.3) is 0 Å². The number of imide groups is 1. The van der Waals surface area contributed by atoms with Crippen molar-refractivity contribution in [3.8, 4) is 0 Å². The number of rotatable bonds is 0. The van der Waals surface area contributed by atoms with Gasteiger partial charge in [0.2, 0.25) is 11.8 Å². The summed E-state index contributed by atoms with van der Waals surface area (Å²) < 4.78 is 0. The Hall–Kier alpha value is 1.16. The molecule has 6 heteroatoms. The molecule has 1 unspecified atom stereocenters. The molecule has 3 nitrogen and oxygen atoms in total. The second kappa shape index (κ2) is 5.77. The van der Waals surface area contributed by atoms with E-state index in [0.717, 1.165) is 0 Å². The van der Waals surface area contributed by atoms with Gasteiger partial charge in [-0.2, -0.15) is 0 Å². The topological polar surface area (TPSA) is 46.2 Å². The summed E-state index contributed by atoms with van der Waals surface area (Å²) in [6.07, 6.45) is 0.125. The number of alkyl halides is 1. The number of halogens is 2. The van der Waals surface area contributed by atoms with Gasteiger partial charge in [-0.05, 0) is 0 Å². The van der Waals surface area contributed by atoms with Gasteiger partial charge >= 0.3 is 29.6 Å². The second-order valence-electron chi connectivity index (χ2n) is 1.58. The summed E-state index contributed by atoms with van der Waals surface area (Å²) in [5, 5.41) is 1.42. The van der Waals surface area contributed by atoms with Gasteiger partial charge in [0.1, 0.15) is 5.38 Å². The van der Waals surface area contributed by atoms with Gasteiger partial charge in [0.05, 0.1) is 6.42 Å². The van der Waals surface area contributed by atoms with E-state index in [9.17, 15) is 9.59 Å². The molecular formula is C4H4ClINNaO2. The van der Waals surface area contributed by atoms with Crippen molar-refractivity contribution in [1.82, 2.24) is 5.32 Å². The zero-order valence-corrected chi connectivity index (χ0v) is 10.3. The molecule has 2 amide bonds. The Morgan fingerprint density at radius 2 is 2.00 bits per heavy atom. The number of hydrogen-bond donors (Lipinski definition) is 1. The molecule has 10 heavy (non-hydrogen) atoms. The first-order chi connectivity index (χ1) is 3.70. The van der Waals surface area contributed by atoms with Crippen molar-refractivity contribution in [3.05, 3.63) is 0 Å². The first-order valence-corrected chi connectivity index (χ1v) is 2.61. The van der Waals surface area contributed by atoms with Crippen molar-refractivity contribution in [1.29, 1.82) is 0 Å². The Labute approximate surface area is 103 Å². The summed E-state index contributed by atoms with van der Waals surface area (Å²) >= 11 is 5.32. The molecule has 1 fully saturated rings. The predicted molar refractivity (Wildman–Crippen MR) is 27.4 cm³/mol. The number of nitrogens with one attached hydrogen (secondary N) is 1. The van der Waals surface area contributed by atoms with E-state index < -0.39 is 5.38 Å². The van der Waals surface area contributed by atoms with Gasteiger partial charge in [-0.15, -0.1) is 11.6 Å². The fourth-order valence-electron chi connectivity index (χ4n) is 0.522. The SMILES string of the molecule is O=C1CC(Cl)C(=O)N1.[I-].[Na+]. The Bertz CT molecular complexity index is 154. The molecule has 1 N–H and O–H groups in total. The summed E-state index contributed by atoms with van der Waals surface area (Å²) in [4.78, 5) is 20.6. The molecule has 1 rings (SSSR count). The molecule has 1 aliphatic rings. The molecule has 0 radical (unpaired) electrons. The molecule has 0 saturated carbocycles. The van der Waals surface area contributed by atoms with E-state index in [1.165, 1.54) is 0 Å². The van der Waals surface area contributed by atoms with Crippen molar-refractivity contribution in [2.45, 2.75) is 11.8 Å². The Morgan fingerprint density at radius 1 is 1.50 bits per heavy atom. The smallest absolute Gasteiger partial charge is 1.00 e. The van der Waals surface area contributed by atoms with Gasteiger partial charge in [0.15, 0.2) is 0 Å². The Kier molecular flexibility index (Phi) is 7.92. The zero-order chi connectivity index (χ0) is 6.15. The van der Waals surface area contributed by atoms with Gasteiger partial charge in [0, 0.05) is 0 Å². The van der Waals surface area contributed by atoms with E-state index in [2.05, 4.69) is 5.32 Å². The normalized spacial score (nSPS) is 22.7. The largest absolute Gasteiger partial charge is 1.00 e. The van der Waals surface area contributed by atoms with Gasteiger partial charge in [-0.25, -0.2) is 0 Å². The third-order valence-corrected chi connectivity index (χ3v) is 1.26. The Balaban J connectivity index is 0. The van der Waals surface area contributed by atoms with Crippen LogP contribution in [0.1, 0.15) is 6.42 Å². The Morgan fingerprint density at radius 3 is 2.10 bits per heavy atom. The van der Waals surface area contributed by atoms with Gasteiger partial charge in [-0.3, -0.25) is 14.9 Å². The van der Waals surface area contributed by atoms with Crippen LogP contribution in [0.4, 0.5) is 0 Å². The average molecular weight is 283 g/mol. The van der Waals surface area contributed by atoms with Crippen LogP contribution in [-0.4, -0.2) is 17.2 Å². The minimum atomic E-state index is -0.637. The fourth-order valence-corrected chi connectivity index (χ4v) is 0.717. The maximum atomic E-state index is 10.3. The maximum Gasteiger partial charge on any atom is 1.00 e. The van der Waals surface area contributed by atoms with Crippen LogP contribution in [0.15, 0.2) is 0 Å². The van der Waals surface area contributed by atoms with Crippen LogP contribution in [0.3, 0.4) is 0 Å². The first kappa shape index (κ1) is 13.7. The minimum absolute atomic E-state index is 0. The third kappa shape index (κ3) is 3.52. The molecule has 52 valence electrons. The summed E-state index contributed by atoms with van der Waals surface area (Å²) in [6.45, 7) is 0. The van der Waals surface area contributed by atoms with E-state index in [4.69, 9.17) is 11.6 Å². The summed E-state index contributed by atoms with van der Waals surface area (Å²) in [5.74, 6) is -0.660. The van der Waals surface area contributed by atoms with Gasteiger partial charge in [-0.1, -0.05) is 0 Å². The molecule has 0 aromatic heterocycles. The van der Waals surface area contributed by atoms with Crippen LogP contribution in [0.2, 0.25) is 0 Å². The van der Waals surface area contributed by atoms with Crippen molar-refractivity contribution < 1.29 is 63.1 Å². The standard InChI is InChI=1S/C4H4ClNO2.HI.Na/c5-2-1-3(7)6-4(2)8;;/h2H,1H2,(H,6,7,8);1H;/q;;+1/p-1. The van der Waals surface area contributed by atoms with E-state index in [-0.39, 0.29) is 71.8 Å². The summed E-state index contributed by atoms with van der Waals surface area (Å²) in [6, 6.07) is 0. The van der Waals surface area contributed by atoms with Crippen molar-refractivity contribution in [2.24, 2.45) is 0 Å². The van der Waals surface area contributed by atoms with Crippen molar-refractivity contribution in [3.63, 3.8) is 0 Å².